The first kappa shape index (κ1) is 10.2. The molecule has 0 saturated carbocycles. The van der Waals surface area contributed by atoms with Gasteiger partial charge in [0.2, 0.25) is 0 Å². The Kier molecular flexibility index (Phi) is 2.30. The Labute approximate surface area is 90.3 Å². The molecule has 0 aliphatic carbocycles. The van der Waals surface area contributed by atoms with Crippen LogP contribution in [0.3, 0.4) is 0 Å². The predicted molar refractivity (Wildman–Crippen MR) is 57.5 cm³/mol. The second kappa shape index (κ2) is 3.37. The third kappa shape index (κ3) is 1.45. The molecule has 1 atom stereocenters. The van der Waals surface area contributed by atoms with E-state index in [1.54, 1.807) is 24.8 Å². The van der Waals surface area contributed by atoms with Crippen molar-refractivity contribution >= 4 is 17.4 Å². The molecule has 15 heavy (non-hydrogen) atoms. The highest BCUT2D eigenvalue weighted by molar-refractivity contribution is 7.99. The van der Waals surface area contributed by atoms with Crippen LogP contribution in [0.5, 0.6) is 0 Å². The van der Waals surface area contributed by atoms with Gasteiger partial charge in [-0.25, -0.2) is 0 Å². The van der Waals surface area contributed by atoms with Crippen LogP contribution in [0.4, 0.5) is 5.69 Å². The molecule has 0 spiro atoms. The zero-order chi connectivity index (χ0) is 11.2. The number of hydrogen-bond acceptors (Lipinski definition) is 4. The predicted octanol–water partition coefficient (Wildman–Crippen LogP) is 1.73. The number of thioether (sulfide) groups is 1. The zero-order valence-electron chi connectivity index (χ0n) is 8.39. The van der Waals surface area contributed by atoms with Crippen LogP contribution in [0.2, 0.25) is 0 Å². The lowest BCUT2D eigenvalue weighted by Crippen LogP contribution is -2.25. The number of rotatable bonds is 1. The molecule has 5 nitrogen and oxygen atoms in total. The first-order valence-corrected chi connectivity index (χ1v) is 5.54. The van der Waals surface area contributed by atoms with E-state index in [1.165, 1.54) is 4.57 Å². The third-order valence-electron chi connectivity index (χ3n) is 2.47. The van der Waals surface area contributed by atoms with Crippen LogP contribution in [0, 0.1) is 17.0 Å². The Bertz CT molecular complexity index is 495. The number of nitro groups is 1. The lowest BCUT2D eigenvalue weighted by Gasteiger charge is -2.08. The lowest BCUT2D eigenvalue weighted by atomic mass is 10.2. The SMILES string of the molecule is Cc1cc2n(c(=O)c1[N+](=O)[O-])[C@@H](C)CS2. The molecule has 1 aromatic rings. The molecule has 0 unspecified atom stereocenters. The maximum Gasteiger partial charge on any atom is 0.337 e. The monoisotopic (exact) mass is 226 g/mol. The van der Waals surface area contributed by atoms with E-state index >= 15 is 0 Å². The van der Waals surface area contributed by atoms with Gasteiger partial charge in [0, 0.05) is 17.4 Å². The van der Waals surface area contributed by atoms with Crippen molar-refractivity contribution in [1.29, 1.82) is 0 Å². The molecule has 1 aromatic heterocycles. The normalized spacial score (nSPS) is 18.9. The molecule has 2 rings (SSSR count). The van der Waals surface area contributed by atoms with Crippen molar-refractivity contribution in [2.75, 3.05) is 5.75 Å². The molecular weight excluding hydrogens is 216 g/mol. The Balaban J connectivity index is 2.77. The summed E-state index contributed by atoms with van der Waals surface area (Å²) < 4.78 is 1.51. The Morgan fingerprint density at radius 2 is 2.33 bits per heavy atom. The average Bonchev–Trinajstić information content (AvgIpc) is 2.46. The fraction of sp³-hybridized carbons (Fsp3) is 0.444. The molecule has 0 bridgehead atoms. The highest BCUT2D eigenvalue weighted by Gasteiger charge is 2.27. The number of aryl methyl sites for hydroxylation is 1. The van der Waals surface area contributed by atoms with E-state index in [0.29, 0.717) is 5.56 Å². The number of nitrogens with zero attached hydrogens (tertiary/aromatic N) is 2. The minimum atomic E-state index is -0.597. The van der Waals surface area contributed by atoms with Crippen molar-refractivity contribution in [2.45, 2.75) is 24.9 Å². The number of pyridine rings is 1. The molecule has 0 N–H and O–H groups in total. The summed E-state index contributed by atoms with van der Waals surface area (Å²) in [4.78, 5) is 22.0. The molecule has 1 aliphatic rings. The van der Waals surface area contributed by atoms with E-state index in [2.05, 4.69) is 0 Å². The summed E-state index contributed by atoms with van der Waals surface area (Å²) >= 11 is 1.57. The summed E-state index contributed by atoms with van der Waals surface area (Å²) in [6, 6.07) is 1.75. The average molecular weight is 226 g/mol. The van der Waals surface area contributed by atoms with Crippen LogP contribution in [0.25, 0.3) is 0 Å². The fourth-order valence-corrected chi connectivity index (χ4v) is 2.96. The van der Waals surface area contributed by atoms with Crippen molar-refractivity contribution in [1.82, 2.24) is 4.57 Å². The Hall–Kier alpha value is -1.30. The van der Waals surface area contributed by atoms with Crippen molar-refractivity contribution in [2.24, 2.45) is 0 Å². The van der Waals surface area contributed by atoms with E-state index in [0.717, 1.165) is 10.8 Å². The molecule has 1 aliphatic heterocycles. The summed E-state index contributed by atoms with van der Waals surface area (Å²) in [7, 11) is 0. The van der Waals surface area contributed by atoms with Crippen LogP contribution in [-0.2, 0) is 0 Å². The first-order chi connectivity index (χ1) is 7.02. The van der Waals surface area contributed by atoms with Gasteiger partial charge in [0.25, 0.3) is 0 Å². The third-order valence-corrected chi connectivity index (χ3v) is 3.73. The fourth-order valence-electron chi connectivity index (χ4n) is 1.74. The summed E-state index contributed by atoms with van der Waals surface area (Å²) in [6.07, 6.45) is 0. The molecule has 0 saturated heterocycles. The van der Waals surface area contributed by atoms with Crippen molar-refractivity contribution in [3.63, 3.8) is 0 Å². The zero-order valence-corrected chi connectivity index (χ0v) is 9.21. The first-order valence-electron chi connectivity index (χ1n) is 4.55. The molecule has 80 valence electrons. The summed E-state index contributed by atoms with van der Waals surface area (Å²) in [5, 5.41) is 11.6. The van der Waals surface area contributed by atoms with Gasteiger partial charge in [-0.3, -0.25) is 19.5 Å². The van der Waals surface area contributed by atoms with Crippen molar-refractivity contribution in [3.8, 4) is 0 Å². The maximum atomic E-state index is 11.8. The van der Waals surface area contributed by atoms with Crippen LogP contribution < -0.4 is 5.56 Å². The smallest absolute Gasteiger partial charge is 0.294 e. The second-order valence-electron chi connectivity index (χ2n) is 3.61. The van der Waals surface area contributed by atoms with E-state index in [-0.39, 0.29) is 11.7 Å². The van der Waals surface area contributed by atoms with Gasteiger partial charge in [0.1, 0.15) is 0 Å². The molecular formula is C9H10N2O3S. The van der Waals surface area contributed by atoms with Gasteiger partial charge >= 0.3 is 11.2 Å². The quantitative estimate of drug-likeness (QED) is 0.540. The van der Waals surface area contributed by atoms with Gasteiger partial charge in [0.15, 0.2) is 0 Å². The van der Waals surface area contributed by atoms with Crippen LogP contribution in [0.15, 0.2) is 15.9 Å². The van der Waals surface area contributed by atoms with E-state index in [1.807, 2.05) is 6.92 Å². The molecule has 0 fully saturated rings. The van der Waals surface area contributed by atoms with Gasteiger partial charge in [-0.1, -0.05) is 0 Å². The second-order valence-corrected chi connectivity index (χ2v) is 4.65. The number of hydrogen-bond donors (Lipinski definition) is 0. The maximum absolute atomic E-state index is 11.8. The van der Waals surface area contributed by atoms with Gasteiger partial charge < -0.3 is 0 Å². The Morgan fingerprint density at radius 3 is 2.93 bits per heavy atom. The molecule has 0 amide bonds. The lowest BCUT2D eigenvalue weighted by molar-refractivity contribution is -0.387. The van der Waals surface area contributed by atoms with Gasteiger partial charge in [-0.2, -0.15) is 0 Å². The summed E-state index contributed by atoms with van der Waals surface area (Å²) in [5.74, 6) is 0.801. The highest BCUT2D eigenvalue weighted by Crippen LogP contribution is 2.33. The van der Waals surface area contributed by atoms with Gasteiger partial charge in [-0.05, 0) is 19.9 Å². The van der Waals surface area contributed by atoms with Gasteiger partial charge in [-0.15, -0.1) is 11.8 Å². The topological polar surface area (TPSA) is 65.1 Å². The highest BCUT2D eigenvalue weighted by atomic mass is 32.2. The molecule has 0 radical (unpaired) electrons. The van der Waals surface area contributed by atoms with Crippen LogP contribution in [-0.4, -0.2) is 15.2 Å². The number of fused-ring (bicyclic) bond motifs is 1. The van der Waals surface area contributed by atoms with E-state index in [9.17, 15) is 14.9 Å². The van der Waals surface area contributed by atoms with E-state index < -0.39 is 10.5 Å². The minimum absolute atomic E-state index is 0.0387. The van der Waals surface area contributed by atoms with Crippen molar-refractivity contribution in [3.05, 3.63) is 32.1 Å². The van der Waals surface area contributed by atoms with Crippen LogP contribution >= 0.6 is 11.8 Å². The summed E-state index contributed by atoms with van der Waals surface area (Å²) in [6.45, 7) is 3.49. The minimum Gasteiger partial charge on any atom is -0.294 e. The molecule has 0 aromatic carbocycles. The molecule has 6 heteroatoms. The molecule has 2 heterocycles. The van der Waals surface area contributed by atoms with E-state index in [4.69, 9.17) is 0 Å². The van der Waals surface area contributed by atoms with Crippen LogP contribution in [0.1, 0.15) is 18.5 Å². The summed E-state index contributed by atoms with van der Waals surface area (Å²) in [5.41, 5.74) is -0.335. The van der Waals surface area contributed by atoms with Crippen molar-refractivity contribution < 1.29 is 4.92 Å². The standard InChI is InChI=1S/C9H10N2O3S/c1-5-3-7-10(6(2)4-15-7)9(12)8(5)11(13)14/h3,6H,4H2,1-2H3/t6-/m0/s1. The Morgan fingerprint density at radius 1 is 1.67 bits per heavy atom. The largest absolute Gasteiger partial charge is 0.337 e. The van der Waals surface area contributed by atoms with Gasteiger partial charge in [0.05, 0.1) is 9.95 Å². The number of aromatic nitrogens is 1.